The van der Waals surface area contributed by atoms with Crippen LogP contribution in [0.5, 0.6) is 0 Å². The highest BCUT2D eigenvalue weighted by Crippen LogP contribution is 2.50. The Morgan fingerprint density at radius 3 is 2.20 bits per heavy atom. The molecule has 0 N–H and O–H groups in total. The van der Waals surface area contributed by atoms with Crippen molar-refractivity contribution >= 4 is 56.4 Å². The zero-order valence-electron chi connectivity index (χ0n) is 20.5. The zero-order chi connectivity index (χ0) is 26.2. The lowest BCUT2D eigenvalue weighted by Gasteiger charge is -2.49. The molecule has 0 aliphatic carbocycles. The number of nitrogens with zero attached hydrogens (tertiary/aromatic N) is 3. The van der Waals surface area contributed by atoms with Gasteiger partial charge >= 0.3 is 12.2 Å². The molecule has 1 saturated heterocycles. The van der Waals surface area contributed by atoms with Crippen LogP contribution in [0.3, 0.4) is 0 Å². The second kappa shape index (κ2) is 10.2. The van der Waals surface area contributed by atoms with E-state index in [4.69, 9.17) is 19.2 Å². The SMILES string of the molecule is CC(C)(C)OC(=O)N(C(=O)OC(C)(C)C)C1=N[C@@]2(c3nc(Br)cs3)COC(CF)(CF)C[C@H]2CS1. The van der Waals surface area contributed by atoms with Gasteiger partial charge in [-0.25, -0.2) is 28.3 Å². The second-order valence-electron chi connectivity index (χ2n) is 10.5. The first-order valence-corrected chi connectivity index (χ1v) is 13.7. The van der Waals surface area contributed by atoms with Crippen LogP contribution in [0.25, 0.3) is 0 Å². The van der Waals surface area contributed by atoms with Gasteiger partial charge in [0, 0.05) is 17.1 Å². The maximum absolute atomic E-state index is 13.8. The van der Waals surface area contributed by atoms with Crippen molar-refractivity contribution in [1.29, 1.82) is 0 Å². The fourth-order valence-corrected chi connectivity index (χ4v) is 6.39. The lowest BCUT2D eigenvalue weighted by molar-refractivity contribution is -0.149. The van der Waals surface area contributed by atoms with E-state index in [1.54, 1.807) is 46.9 Å². The Balaban J connectivity index is 2.09. The van der Waals surface area contributed by atoms with Crippen molar-refractivity contribution in [3.63, 3.8) is 0 Å². The minimum Gasteiger partial charge on any atom is -0.443 e. The van der Waals surface area contributed by atoms with Crippen LogP contribution in [-0.2, 0) is 19.7 Å². The summed E-state index contributed by atoms with van der Waals surface area (Å²) >= 11 is 5.78. The third-order valence-electron chi connectivity index (χ3n) is 5.28. The summed E-state index contributed by atoms with van der Waals surface area (Å²) in [6, 6.07) is 0. The Kier molecular flexibility index (Phi) is 8.25. The average molecular weight is 599 g/mol. The number of aliphatic imine (C=N–C) groups is 1. The highest BCUT2D eigenvalue weighted by atomic mass is 79.9. The monoisotopic (exact) mass is 597 g/mol. The number of imide groups is 1. The number of fused-ring (bicyclic) bond motifs is 1. The number of rotatable bonds is 3. The number of hydrogen-bond donors (Lipinski definition) is 0. The summed E-state index contributed by atoms with van der Waals surface area (Å²) in [6.45, 7) is 7.99. The molecule has 2 aliphatic heterocycles. The molecule has 13 heteroatoms. The van der Waals surface area contributed by atoms with Gasteiger partial charge in [0.05, 0.1) is 6.61 Å². The number of alkyl halides is 2. The molecule has 0 unspecified atom stereocenters. The van der Waals surface area contributed by atoms with Gasteiger partial charge in [-0.1, -0.05) is 11.8 Å². The summed E-state index contributed by atoms with van der Waals surface area (Å²) in [5.41, 5.74) is -4.46. The maximum Gasteiger partial charge on any atom is 0.426 e. The molecule has 35 heavy (non-hydrogen) atoms. The molecule has 3 rings (SSSR count). The molecular formula is C22H30BrF2N3O5S2. The van der Waals surface area contributed by atoms with Crippen LogP contribution in [0.2, 0.25) is 0 Å². The molecule has 8 nitrogen and oxygen atoms in total. The number of aromatic nitrogens is 1. The lowest BCUT2D eigenvalue weighted by Crippen LogP contribution is -2.57. The van der Waals surface area contributed by atoms with E-state index in [2.05, 4.69) is 20.9 Å². The third kappa shape index (κ3) is 6.34. The number of ether oxygens (including phenoxy) is 3. The molecule has 2 amide bonds. The number of amidine groups is 1. The molecule has 3 heterocycles. The average Bonchev–Trinajstić information content (AvgIpc) is 3.17. The zero-order valence-corrected chi connectivity index (χ0v) is 23.7. The maximum atomic E-state index is 13.8. The first-order valence-electron chi connectivity index (χ1n) is 11.0. The van der Waals surface area contributed by atoms with Gasteiger partial charge in [0.2, 0.25) is 0 Å². The van der Waals surface area contributed by atoms with Crippen molar-refractivity contribution in [1.82, 2.24) is 9.88 Å². The van der Waals surface area contributed by atoms with Crippen molar-refractivity contribution < 1.29 is 32.6 Å². The highest BCUT2D eigenvalue weighted by Gasteiger charge is 2.56. The second-order valence-corrected chi connectivity index (χ2v) is 13.2. The van der Waals surface area contributed by atoms with Crippen LogP contribution < -0.4 is 0 Å². The largest absolute Gasteiger partial charge is 0.443 e. The van der Waals surface area contributed by atoms with Crippen molar-refractivity contribution in [3.05, 3.63) is 15.0 Å². The van der Waals surface area contributed by atoms with Crippen molar-refractivity contribution in [2.45, 2.75) is 70.3 Å². The molecule has 1 aromatic rings. The Hall–Kier alpha value is -1.31. The molecule has 0 aromatic carbocycles. The molecule has 1 aromatic heterocycles. The summed E-state index contributed by atoms with van der Waals surface area (Å²) in [7, 11) is 0. The van der Waals surface area contributed by atoms with E-state index in [-0.39, 0.29) is 24.1 Å². The van der Waals surface area contributed by atoms with E-state index in [0.29, 0.717) is 15.4 Å². The van der Waals surface area contributed by atoms with Gasteiger partial charge in [-0.2, -0.15) is 4.90 Å². The summed E-state index contributed by atoms with van der Waals surface area (Å²) in [5, 5.41) is 2.36. The minimum absolute atomic E-state index is 0.0488. The van der Waals surface area contributed by atoms with E-state index < -0.39 is 47.9 Å². The lowest BCUT2D eigenvalue weighted by atomic mass is 9.76. The van der Waals surface area contributed by atoms with Crippen LogP contribution >= 0.6 is 39.0 Å². The summed E-state index contributed by atoms with van der Waals surface area (Å²) in [4.78, 5) is 36.4. The quantitative estimate of drug-likeness (QED) is 0.416. The van der Waals surface area contributed by atoms with Gasteiger partial charge in [-0.05, 0) is 63.9 Å². The number of halogens is 3. The number of carbonyl (C=O) groups excluding carboxylic acids is 2. The summed E-state index contributed by atoms with van der Waals surface area (Å²) in [5.74, 6) is -0.0304. The number of amides is 2. The van der Waals surface area contributed by atoms with Gasteiger partial charge in [0.15, 0.2) is 5.17 Å². The third-order valence-corrected chi connectivity index (χ3v) is 8.10. The Bertz CT molecular complexity index is 962. The van der Waals surface area contributed by atoms with E-state index in [0.717, 1.165) is 16.7 Å². The predicted octanol–water partition coefficient (Wildman–Crippen LogP) is 6.09. The van der Waals surface area contributed by atoms with Gasteiger partial charge in [-0.15, -0.1) is 11.3 Å². The normalized spacial score (nSPS) is 24.3. The molecular weight excluding hydrogens is 568 g/mol. The molecule has 0 radical (unpaired) electrons. The van der Waals surface area contributed by atoms with Crippen molar-refractivity contribution in [3.8, 4) is 0 Å². The molecule has 0 saturated carbocycles. The first kappa shape index (κ1) is 28.3. The van der Waals surface area contributed by atoms with Crippen molar-refractivity contribution in [2.24, 2.45) is 10.9 Å². The number of carbonyl (C=O) groups is 2. The van der Waals surface area contributed by atoms with E-state index in [9.17, 15) is 18.4 Å². The standard InChI is InChI=1S/C22H30BrF2N3O5S2/c1-19(2,3)32-17(29)28(18(30)33-20(4,5)6)16-27-22(15-26-14(23)9-34-15)12-31-21(10-24,11-25)7-13(22)8-35-16/h9,13H,7-8,10-12H2,1-6H3/t13-,22-/m0/s1. The van der Waals surface area contributed by atoms with Crippen LogP contribution in [-0.4, -0.2) is 69.8 Å². The Morgan fingerprint density at radius 1 is 1.17 bits per heavy atom. The molecule has 2 atom stereocenters. The van der Waals surface area contributed by atoms with Crippen LogP contribution in [0.4, 0.5) is 18.4 Å². The topological polar surface area (TPSA) is 90.3 Å². The van der Waals surface area contributed by atoms with Gasteiger partial charge in [0.25, 0.3) is 0 Å². The smallest absolute Gasteiger partial charge is 0.426 e. The fraction of sp³-hybridized carbons (Fsp3) is 0.727. The summed E-state index contributed by atoms with van der Waals surface area (Å²) < 4.78 is 44.9. The molecule has 2 aliphatic rings. The minimum atomic E-state index is -1.55. The Morgan fingerprint density at radius 2 is 1.74 bits per heavy atom. The number of hydrogen-bond acceptors (Lipinski definition) is 9. The van der Waals surface area contributed by atoms with Crippen LogP contribution in [0, 0.1) is 5.92 Å². The van der Waals surface area contributed by atoms with Crippen LogP contribution in [0.15, 0.2) is 15.0 Å². The van der Waals surface area contributed by atoms with E-state index in [1.807, 2.05) is 0 Å². The van der Waals surface area contributed by atoms with Gasteiger partial charge in [0.1, 0.15) is 45.3 Å². The number of thiazole rings is 1. The summed E-state index contributed by atoms with van der Waals surface area (Å²) in [6.07, 6.45) is -1.81. The van der Waals surface area contributed by atoms with Crippen molar-refractivity contribution in [2.75, 3.05) is 25.7 Å². The number of thioether (sulfide) groups is 1. The molecule has 1 fully saturated rings. The van der Waals surface area contributed by atoms with Crippen LogP contribution in [0.1, 0.15) is 53.0 Å². The fourth-order valence-electron chi connectivity index (χ4n) is 3.68. The predicted molar refractivity (Wildman–Crippen MR) is 134 cm³/mol. The van der Waals surface area contributed by atoms with Gasteiger partial charge < -0.3 is 14.2 Å². The highest BCUT2D eigenvalue weighted by molar-refractivity contribution is 9.10. The molecule has 0 spiro atoms. The van der Waals surface area contributed by atoms with E-state index in [1.165, 1.54) is 11.3 Å². The Labute approximate surface area is 220 Å². The molecule has 0 bridgehead atoms. The van der Waals surface area contributed by atoms with Gasteiger partial charge in [-0.3, -0.25) is 0 Å². The first-order chi connectivity index (χ1) is 16.1. The van der Waals surface area contributed by atoms with E-state index >= 15 is 0 Å². The molecule has 196 valence electrons.